The Labute approximate surface area is 173 Å². The maximum absolute atomic E-state index is 12.5. The second-order valence-corrected chi connectivity index (χ2v) is 7.68. The molecule has 2 N–H and O–H groups in total. The van der Waals surface area contributed by atoms with Crippen LogP contribution in [0.2, 0.25) is 0 Å². The summed E-state index contributed by atoms with van der Waals surface area (Å²) < 4.78 is 5.80. The first-order valence-electron chi connectivity index (χ1n) is 10.2. The SMILES string of the molecule is Nc1ncc(N2CCN(C(=O)C3CCC3)CC2)nc1-c1nnc(-c2ccccc2)o1. The Bertz CT molecular complexity index is 1040. The third-order valence-electron chi connectivity index (χ3n) is 5.81. The van der Waals surface area contributed by atoms with Crippen molar-refractivity contribution in [2.45, 2.75) is 19.3 Å². The van der Waals surface area contributed by atoms with E-state index in [-0.39, 0.29) is 17.6 Å². The molecule has 1 saturated carbocycles. The predicted octanol–water partition coefficient (Wildman–Crippen LogP) is 2.22. The van der Waals surface area contributed by atoms with Crippen LogP contribution < -0.4 is 10.6 Å². The molecule has 1 saturated heterocycles. The van der Waals surface area contributed by atoms with E-state index in [0.29, 0.717) is 49.5 Å². The molecule has 30 heavy (non-hydrogen) atoms. The maximum Gasteiger partial charge on any atom is 0.270 e. The van der Waals surface area contributed by atoms with Crippen LogP contribution in [0, 0.1) is 5.92 Å². The minimum atomic E-state index is 0.232. The summed E-state index contributed by atoms with van der Waals surface area (Å²) in [5.74, 6) is 2.09. The van der Waals surface area contributed by atoms with Gasteiger partial charge in [-0.15, -0.1) is 10.2 Å². The number of piperazine rings is 1. The number of nitrogens with two attached hydrogens (primary N) is 1. The Morgan fingerprint density at radius 1 is 1.03 bits per heavy atom. The van der Waals surface area contributed by atoms with Gasteiger partial charge >= 0.3 is 0 Å². The zero-order valence-electron chi connectivity index (χ0n) is 16.6. The Kier molecular flexibility index (Phi) is 4.78. The predicted molar refractivity (Wildman–Crippen MR) is 111 cm³/mol. The van der Waals surface area contributed by atoms with Crippen molar-refractivity contribution in [2.75, 3.05) is 36.8 Å². The molecular formula is C21H23N7O2. The number of aromatic nitrogens is 4. The molecule has 3 heterocycles. The van der Waals surface area contributed by atoms with Crippen molar-refractivity contribution in [1.29, 1.82) is 0 Å². The van der Waals surface area contributed by atoms with E-state index in [1.165, 1.54) is 6.42 Å². The lowest BCUT2D eigenvalue weighted by atomic mass is 9.84. The normalized spacial score (nSPS) is 17.1. The number of rotatable bonds is 4. The maximum atomic E-state index is 12.5. The van der Waals surface area contributed by atoms with Crippen molar-refractivity contribution in [2.24, 2.45) is 5.92 Å². The topological polar surface area (TPSA) is 114 Å². The van der Waals surface area contributed by atoms with Crippen molar-refractivity contribution >= 4 is 17.5 Å². The van der Waals surface area contributed by atoms with E-state index < -0.39 is 0 Å². The molecule has 0 atom stereocenters. The molecule has 9 nitrogen and oxygen atoms in total. The summed E-state index contributed by atoms with van der Waals surface area (Å²) in [7, 11) is 0. The number of benzene rings is 1. The summed E-state index contributed by atoms with van der Waals surface area (Å²) in [6, 6.07) is 9.53. The van der Waals surface area contributed by atoms with Gasteiger partial charge in [-0.1, -0.05) is 24.6 Å². The molecule has 0 radical (unpaired) electrons. The first kappa shape index (κ1) is 18.5. The molecule has 2 fully saturated rings. The van der Waals surface area contributed by atoms with Crippen LogP contribution in [0.15, 0.2) is 40.9 Å². The van der Waals surface area contributed by atoms with E-state index >= 15 is 0 Å². The monoisotopic (exact) mass is 405 g/mol. The number of anilines is 2. The Hall–Kier alpha value is -3.49. The van der Waals surface area contributed by atoms with Gasteiger partial charge in [-0.3, -0.25) is 4.79 Å². The molecule has 0 spiro atoms. The molecule has 2 aromatic heterocycles. The molecule has 0 unspecified atom stereocenters. The summed E-state index contributed by atoms with van der Waals surface area (Å²) in [4.78, 5) is 25.5. The Balaban J connectivity index is 1.32. The van der Waals surface area contributed by atoms with Gasteiger partial charge in [0.05, 0.1) is 6.20 Å². The van der Waals surface area contributed by atoms with Gasteiger partial charge < -0.3 is 20.0 Å². The minimum absolute atomic E-state index is 0.232. The van der Waals surface area contributed by atoms with Gasteiger partial charge in [0.15, 0.2) is 11.5 Å². The lowest BCUT2D eigenvalue weighted by molar-refractivity contribution is -0.138. The van der Waals surface area contributed by atoms with Crippen molar-refractivity contribution in [3.63, 3.8) is 0 Å². The molecule has 1 amide bonds. The summed E-state index contributed by atoms with van der Waals surface area (Å²) in [6.07, 6.45) is 4.88. The molecule has 1 aromatic carbocycles. The van der Waals surface area contributed by atoms with Gasteiger partial charge in [0.25, 0.3) is 5.89 Å². The number of hydrogen-bond acceptors (Lipinski definition) is 8. The average Bonchev–Trinajstić information content (AvgIpc) is 3.24. The third-order valence-corrected chi connectivity index (χ3v) is 5.81. The largest absolute Gasteiger partial charge is 0.414 e. The van der Waals surface area contributed by atoms with Crippen molar-refractivity contribution in [3.8, 4) is 23.0 Å². The standard InChI is InChI=1S/C21H23N7O2/c22-18-17(20-26-25-19(30-20)14-5-2-1-3-6-14)24-16(13-23-18)27-9-11-28(12-10-27)21(29)15-7-4-8-15/h1-3,5-6,13,15H,4,7-12H2,(H2,22,23). The van der Waals surface area contributed by atoms with Crippen molar-refractivity contribution in [1.82, 2.24) is 25.1 Å². The Morgan fingerprint density at radius 3 is 2.47 bits per heavy atom. The van der Waals surface area contributed by atoms with E-state index in [0.717, 1.165) is 18.4 Å². The first-order chi connectivity index (χ1) is 14.7. The molecule has 9 heteroatoms. The average molecular weight is 405 g/mol. The highest BCUT2D eigenvalue weighted by atomic mass is 16.4. The van der Waals surface area contributed by atoms with E-state index in [1.54, 1.807) is 6.20 Å². The second kappa shape index (κ2) is 7.74. The van der Waals surface area contributed by atoms with Crippen LogP contribution in [-0.2, 0) is 4.79 Å². The zero-order valence-corrected chi connectivity index (χ0v) is 16.6. The highest BCUT2D eigenvalue weighted by Crippen LogP contribution is 2.30. The lowest BCUT2D eigenvalue weighted by Gasteiger charge is -2.38. The number of carbonyl (C=O) groups excluding carboxylic acids is 1. The lowest BCUT2D eigenvalue weighted by Crippen LogP contribution is -2.51. The molecular weight excluding hydrogens is 382 g/mol. The summed E-state index contributed by atoms with van der Waals surface area (Å²) in [5.41, 5.74) is 7.24. The second-order valence-electron chi connectivity index (χ2n) is 7.68. The molecule has 1 aliphatic carbocycles. The number of nitrogen functional groups attached to an aromatic ring is 1. The molecule has 2 aliphatic rings. The van der Waals surface area contributed by atoms with Gasteiger partial charge in [-0.05, 0) is 25.0 Å². The fraction of sp³-hybridized carbons (Fsp3) is 0.381. The van der Waals surface area contributed by atoms with E-state index in [4.69, 9.17) is 10.2 Å². The Morgan fingerprint density at radius 2 is 1.77 bits per heavy atom. The highest BCUT2D eigenvalue weighted by molar-refractivity contribution is 5.80. The summed E-state index contributed by atoms with van der Waals surface area (Å²) in [6.45, 7) is 2.79. The van der Waals surface area contributed by atoms with Gasteiger partial charge in [0.1, 0.15) is 5.82 Å². The zero-order chi connectivity index (χ0) is 20.5. The van der Waals surface area contributed by atoms with Gasteiger partial charge in [0, 0.05) is 37.7 Å². The van der Waals surface area contributed by atoms with Crippen molar-refractivity contribution in [3.05, 3.63) is 36.5 Å². The van der Waals surface area contributed by atoms with E-state index in [2.05, 4.69) is 25.1 Å². The number of nitrogens with zero attached hydrogens (tertiary/aromatic N) is 6. The fourth-order valence-electron chi connectivity index (χ4n) is 3.78. The summed E-state index contributed by atoms with van der Waals surface area (Å²) >= 11 is 0. The molecule has 3 aromatic rings. The molecule has 154 valence electrons. The highest BCUT2D eigenvalue weighted by Gasteiger charge is 2.31. The minimum Gasteiger partial charge on any atom is -0.414 e. The van der Waals surface area contributed by atoms with Crippen LogP contribution in [-0.4, -0.2) is 57.2 Å². The van der Waals surface area contributed by atoms with Crippen LogP contribution in [0.25, 0.3) is 23.0 Å². The van der Waals surface area contributed by atoms with Crippen LogP contribution in [0.5, 0.6) is 0 Å². The van der Waals surface area contributed by atoms with Crippen molar-refractivity contribution < 1.29 is 9.21 Å². The third kappa shape index (κ3) is 3.47. The smallest absolute Gasteiger partial charge is 0.270 e. The van der Waals surface area contributed by atoms with Gasteiger partial charge in [0.2, 0.25) is 11.8 Å². The molecule has 5 rings (SSSR count). The number of carbonyl (C=O) groups is 1. The van der Waals surface area contributed by atoms with Gasteiger partial charge in [-0.25, -0.2) is 9.97 Å². The van der Waals surface area contributed by atoms with Crippen LogP contribution >= 0.6 is 0 Å². The van der Waals surface area contributed by atoms with Crippen LogP contribution in [0.3, 0.4) is 0 Å². The molecule has 0 bridgehead atoms. The van der Waals surface area contributed by atoms with Crippen LogP contribution in [0.4, 0.5) is 11.6 Å². The van der Waals surface area contributed by atoms with Crippen LogP contribution in [0.1, 0.15) is 19.3 Å². The van der Waals surface area contributed by atoms with E-state index in [9.17, 15) is 4.79 Å². The quantitative estimate of drug-likeness (QED) is 0.703. The van der Waals surface area contributed by atoms with E-state index in [1.807, 2.05) is 35.2 Å². The van der Waals surface area contributed by atoms with Gasteiger partial charge in [-0.2, -0.15) is 0 Å². The first-order valence-corrected chi connectivity index (χ1v) is 10.2. The number of hydrogen-bond donors (Lipinski definition) is 1. The number of amides is 1. The fourth-order valence-corrected chi connectivity index (χ4v) is 3.78. The molecule has 1 aliphatic heterocycles. The summed E-state index contributed by atoms with van der Waals surface area (Å²) in [5, 5.41) is 8.22.